The van der Waals surface area contributed by atoms with E-state index in [0.29, 0.717) is 17.9 Å². The molecule has 0 aromatic heterocycles. The fraction of sp³-hybridized carbons (Fsp3) is 0.333. The second-order valence-corrected chi connectivity index (χ2v) is 4.33. The van der Waals surface area contributed by atoms with Crippen LogP contribution in [0.25, 0.3) is 0 Å². The lowest BCUT2D eigenvalue weighted by Crippen LogP contribution is -2.22. The number of benzene rings is 1. The third kappa shape index (κ3) is 4.58. The summed E-state index contributed by atoms with van der Waals surface area (Å²) < 4.78 is 4.77. The fourth-order valence-corrected chi connectivity index (χ4v) is 1.53. The Labute approximate surface area is 113 Å². The van der Waals surface area contributed by atoms with Crippen LogP contribution in [0, 0.1) is 13.8 Å². The van der Waals surface area contributed by atoms with Gasteiger partial charge in [-0.1, -0.05) is 6.07 Å². The van der Waals surface area contributed by atoms with Gasteiger partial charge in [-0.15, -0.1) is 0 Å². The molecular weight excluding hydrogens is 242 g/mol. The van der Waals surface area contributed by atoms with Crippen molar-refractivity contribution in [2.75, 3.05) is 6.61 Å². The van der Waals surface area contributed by atoms with Crippen molar-refractivity contribution in [1.29, 1.82) is 0 Å². The van der Waals surface area contributed by atoms with E-state index in [2.05, 4.69) is 5.32 Å². The smallest absolute Gasteiger partial charge is 0.332 e. The standard InChI is InChI=1S/C15H19NO3/c1-5-19-14(17)9-12(4)16-15(18)13-7-6-10(2)11(3)8-13/h6-9H,5H2,1-4H3,(H,16,18)/b12-9+. The molecule has 0 bridgehead atoms. The van der Waals surface area contributed by atoms with E-state index in [-0.39, 0.29) is 5.91 Å². The Hall–Kier alpha value is -2.10. The van der Waals surface area contributed by atoms with E-state index >= 15 is 0 Å². The lowest BCUT2D eigenvalue weighted by Gasteiger charge is -2.07. The van der Waals surface area contributed by atoms with Gasteiger partial charge in [-0.05, 0) is 51.0 Å². The molecule has 1 N–H and O–H groups in total. The molecule has 1 aromatic rings. The number of amides is 1. The molecule has 0 fully saturated rings. The Balaban J connectivity index is 2.74. The number of rotatable bonds is 4. The molecule has 0 spiro atoms. The topological polar surface area (TPSA) is 55.4 Å². The van der Waals surface area contributed by atoms with Crippen LogP contribution in [-0.2, 0) is 9.53 Å². The molecule has 102 valence electrons. The van der Waals surface area contributed by atoms with Crippen molar-refractivity contribution in [3.05, 3.63) is 46.7 Å². The van der Waals surface area contributed by atoms with Gasteiger partial charge in [-0.25, -0.2) is 4.79 Å². The van der Waals surface area contributed by atoms with Gasteiger partial charge in [-0.3, -0.25) is 4.79 Å². The monoisotopic (exact) mass is 261 g/mol. The van der Waals surface area contributed by atoms with Crippen molar-refractivity contribution in [2.45, 2.75) is 27.7 Å². The highest BCUT2D eigenvalue weighted by Gasteiger charge is 2.07. The third-order valence-corrected chi connectivity index (χ3v) is 2.70. The van der Waals surface area contributed by atoms with E-state index < -0.39 is 5.97 Å². The van der Waals surface area contributed by atoms with Crippen LogP contribution in [0.1, 0.15) is 35.3 Å². The van der Waals surface area contributed by atoms with Crippen LogP contribution >= 0.6 is 0 Å². The highest BCUT2D eigenvalue weighted by molar-refractivity contribution is 5.96. The first-order chi connectivity index (χ1) is 8.93. The largest absolute Gasteiger partial charge is 0.463 e. The van der Waals surface area contributed by atoms with Crippen molar-refractivity contribution >= 4 is 11.9 Å². The first-order valence-corrected chi connectivity index (χ1v) is 6.17. The minimum Gasteiger partial charge on any atom is -0.463 e. The maximum Gasteiger partial charge on any atom is 0.332 e. The molecule has 0 saturated heterocycles. The summed E-state index contributed by atoms with van der Waals surface area (Å²) in [5.74, 6) is -0.693. The second kappa shape index (κ2) is 6.73. The predicted molar refractivity (Wildman–Crippen MR) is 73.8 cm³/mol. The number of hydrogen-bond acceptors (Lipinski definition) is 3. The molecule has 0 heterocycles. The van der Waals surface area contributed by atoms with Gasteiger partial charge < -0.3 is 10.1 Å². The van der Waals surface area contributed by atoms with E-state index in [1.807, 2.05) is 26.0 Å². The number of esters is 1. The van der Waals surface area contributed by atoms with Gasteiger partial charge in [0.1, 0.15) is 0 Å². The SMILES string of the molecule is CCOC(=O)/C=C(\C)NC(=O)c1ccc(C)c(C)c1. The van der Waals surface area contributed by atoms with Crippen LogP contribution in [0.15, 0.2) is 30.0 Å². The van der Waals surface area contributed by atoms with Crippen LogP contribution < -0.4 is 5.32 Å². The van der Waals surface area contributed by atoms with E-state index in [0.717, 1.165) is 11.1 Å². The number of ether oxygens (including phenoxy) is 1. The summed E-state index contributed by atoms with van der Waals surface area (Å²) in [5, 5.41) is 2.65. The zero-order chi connectivity index (χ0) is 14.4. The number of carbonyl (C=O) groups excluding carboxylic acids is 2. The molecule has 0 aliphatic rings. The van der Waals surface area contributed by atoms with Gasteiger partial charge in [0.15, 0.2) is 0 Å². The maximum atomic E-state index is 12.0. The lowest BCUT2D eigenvalue weighted by molar-refractivity contribution is -0.137. The Kier molecular flexibility index (Phi) is 5.30. The van der Waals surface area contributed by atoms with Gasteiger partial charge in [0.2, 0.25) is 0 Å². The van der Waals surface area contributed by atoms with Gasteiger partial charge in [0.25, 0.3) is 5.91 Å². The zero-order valence-corrected chi connectivity index (χ0v) is 11.7. The molecule has 0 aliphatic carbocycles. The summed E-state index contributed by atoms with van der Waals surface area (Å²) >= 11 is 0. The average Bonchev–Trinajstić information content (AvgIpc) is 2.32. The predicted octanol–water partition coefficient (Wildman–Crippen LogP) is 2.50. The molecule has 0 aliphatic heterocycles. The number of aryl methyl sites for hydroxylation is 2. The second-order valence-electron chi connectivity index (χ2n) is 4.33. The summed E-state index contributed by atoms with van der Waals surface area (Å²) in [6.45, 7) is 7.63. The van der Waals surface area contributed by atoms with Gasteiger partial charge in [-0.2, -0.15) is 0 Å². The van der Waals surface area contributed by atoms with Crippen molar-refractivity contribution < 1.29 is 14.3 Å². The van der Waals surface area contributed by atoms with E-state index in [1.54, 1.807) is 19.9 Å². The van der Waals surface area contributed by atoms with Crippen LogP contribution in [0.2, 0.25) is 0 Å². The van der Waals surface area contributed by atoms with Crippen LogP contribution in [-0.4, -0.2) is 18.5 Å². The van der Waals surface area contributed by atoms with Gasteiger partial charge in [0.05, 0.1) is 6.61 Å². The summed E-state index contributed by atoms with van der Waals surface area (Å²) in [4.78, 5) is 23.2. The zero-order valence-electron chi connectivity index (χ0n) is 11.7. The number of carbonyl (C=O) groups is 2. The van der Waals surface area contributed by atoms with E-state index in [4.69, 9.17) is 4.74 Å². The van der Waals surface area contributed by atoms with Crippen molar-refractivity contribution in [3.8, 4) is 0 Å². The van der Waals surface area contributed by atoms with Crippen molar-refractivity contribution in [3.63, 3.8) is 0 Å². The molecule has 0 saturated carbocycles. The minimum atomic E-state index is -0.458. The normalized spacial score (nSPS) is 11.1. The summed E-state index contributed by atoms with van der Waals surface area (Å²) in [6.07, 6.45) is 1.27. The quantitative estimate of drug-likeness (QED) is 0.669. The van der Waals surface area contributed by atoms with Crippen molar-refractivity contribution in [1.82, 2.24) is 5.32 Å². The first-order valence-electron chi connectivity index (χ1n) is 6.17. The molecule has 0 radical (unpaired) electrons. The Bertz CT molecular complexity index is 518. The summed E-state index contributed by atoms with van der Waals surface area (Å²) in [5.41, 5.74) is 3.22. The van der Waals surface area contributed by atoms with E-state index in [1.165, 1.54) is 6.08 Å². The first kappa shape index (κ1) is 15.0. The van der Waals surface area contributed by atoms with Crippen LogP contribution in [0.3, 0.4) is 0 Å². The average molecular weight is 261 g/mol. The van der Waals surface area contributed by atoms with Crippen LogP contribution in [0.5, 0.6) is 0 Å². The molecular formula is C15H19NO3. The molecule has 4 heteroatoms. The highest BCUT2D eigenvalue weighted by atomic mass is 16.5. The number of hydrogen-bond donors (Lipinski definition) is 1. The molecule has 0 unspecified atom stereocenters. The molecule has 1 aromatic carbocycles. The Morgan fingerprint density at radius 2 is 1.95 bits per heavy atom. The van der Waals surface area contributed by atoms with E-state index in [9.17, 15) is 9.59 Å². The summed E-state index contributed by atoms with van der Waals surface area (Å²) in [6, 6.07) is 5.48. The van der Waals surface area contributed by atoms with Gasteiger partial charge >= 0.3 is 5.97 Å². The summed E-state index contributed by atoms with van der Waals surface area (Å²) in [7, 11) is 0. The molecule has 1 rings (SSSR count). The molecule has 19 heavy (non-hydrogen) atoms. The Morgan fingerprint density at radius 3 is 2.53 bits per heavy atom. The third-order valence-electron chi connectivity index (χ3n) is 2.70. The highest BCUT2D eigenvalue weighted by Crippen LogP contribution is 2.10. The fourth-order valence-electron chi connectivity index (χ4n) is 1.53. The molecule has 1 amide bonds. The molecule has 0 atom stereocenters. The number of allylic oxidation sites excluding steroid dienone is 1. The molecule has 4 nitrogen and oxygen atoms in total. The maximum absolute atomic E-state index is 12.0. The number of nitrogens with one attached hydrogen (secondary N) is 1. The van der Waals surface area contributed by atoms with Crippen molar-refractivity contribution in [2.24, 2.45) is 0 Å². The van der Waals surface area contributed by atoms with Crippen LogP contribution in [0.4, 0.5) is 0 Å². The minimum absolute atomic E-state index is 0.235. The van der Waals surface area contributed by atoms with Gasteiger partial charge in [0, 0.05) is 17.3 Å². The Morgan fingerprint density at radius 1 is 1.26 bits per heavy atom. The lowest BCUT2D eigenvalue weighted by atomic mass is 10.1.